The lowest BCUT2D eigenvalue weighted by Gasteiger charge is -2.23. The van der Waals surface area contributed by atoms with Crippen LogP contribution >= 0.6 is 0 Å². The number of carbonyl (C=O) groups is 1. The van der Waals surface area contributed by atoms with Gasteiger partial charge in [0.15, 0.2) is 6.23 Å². The van der Waals surface area contributed by atoms with Crippen LogP contribution in [-0.4, -0.2) is 24.5 Å². The summed E-state index contributed by atoms with van der Waals surface area (Å²) in [5.74, 6) is 0.0827. The van der Waals surface area contributed by atoms with E-state index in [-0.39, 0.29) is 12.1 Å². The number of carbonyl (C=O) groups excluding carboxylic acids is 1. The van der Waals surface area contributed by atoms with E-state index in [0.29, 0.717) is 0 Å². The Hall–Kier alpha value is -1.35. The van der Waals surface area contributed by atoms with Crippen LogP contribution in [0.5, 0.6) is 0 Å². The Balaban J connectivity index is 2.39. The Labute approximate surface area is 89.7 Å². The van der Waals surface area contributed by atoms with Crippen LogP contribution in [-0.2, 0) is 4.74 Å². The van der Waals surface area contributed by atoms with Gasteiger partial charge in [-0.1, -0.05) is 25.1 Å². The van der Waals surface area contributed by atoms with Crippen molar-refractivity contribution in [2.45, 2.75) is 19.6 Å². The third-order valence-electron chi connectivity index (χ3n) is 2.69. The molecule has 0 saturated heterocycles. The highest BCUT2D eigenvalue weighted by molar-refractivity contribution is 5.98. The summed E-state index contributed by atoms with van der Waals surface area (Å²) >= 11 is 0. The molecule has 0 bridgehead atoms. The van der Waals surface area contributed by atoms with E-state index < -0.39 is 0 Å². The number of benzene rings is 1. The highest BCUT2D eigenvalue weighted by Crippen LogP contribution is 2.33. The Morgan fingerprint density at radius 1 is 1.40 bits per heavy atom. The van der Waals surface area contributed by atoms with Gasteiger partial charge in [0.25, 0.3) is 5.91 Å². The van der Waals surface area contributed by atoms with Crippen molar-refractivity contribution in [3.63, 3.8) is 0 Å². The molecule has 0 spiro atoms. The molecular weight excluding hydrogens is 190 g/mol. The van der Waals surface area contributed by atoms with E-state index in [1.54, 1.807) is 12.0 Å². The summed E-state index contributed by atoms with van der Waals surface area (Å²) in [4.78, 5) is 13.8. The van der Waals surface area contributed by atoms with Gasteiger partial charge < -0.3 is 9.64 Å². The van der Waals surface area contributed by atoms with Crippen LogP contribution in [0.4, 0.5) is 0 Å². The third-order valence-corrected chi connectivity index (χ3v) is 2.69. The van der Waals surface area contributed by atoms with E-state index in [9.17, 15) is 4.79 Å². The molecule has 0 saturated carbocycles. The molecule has 0 aromatic heterocycles. The Morgan fingerprint density at radius 3 is 2.80 bits per heavy atom. The zero-order valence-electron chi connectivity index (χ0n) is 9.06. The standard InChI is InChI=1S/C12H15NO2/c1-3-8-13-11(14)9-6-4-5-7-10(9)12(13)15-2/h4-7,12H,3,8H2,1-2H3/t12-/m0/s1. The van der Waals surface area contributed by atoms with Crippen LogP contribution in [0.2, 0.25) is 0 Å². The first-order valence-electron chi connectivity index (χ1n) is 5.22. The maximum atomic E-state index is 12.0. The highest BCUT2D eigenvalue weighted by Gasteiger charge is 2.35. The van der Waals surface area contributed by atoms with Gasteiger partial charge in [-0.25, -0.2) is 0 Å². The third kappa shape index (κ3) is 1.53. The molecule has 3 nitrogen and oxygen atoms in total. The van der Waals surface area contributed by atoms with Gasteiger partial charge in [0, 0.05) is 24.8 Å². The first-order chi connectivity index (χ1) is 7.29. The minimum Gasteiger partial charge on any atom is -0.357 e. The molecule has 1 aromatic rings. The molecule has 0 aliphatic carbocycles. The van der Waals surface area contributed by atoms with Crippen LogP contribution < -0.4 is 0 Å². The molecule has 0 unspecified atom stereocenters. The van der Waals surface area contributed by atoms with Crippen molar-refractivity contribution in [2.75, 3.05) is 13.7 Å². The van der Waals surface area contributed by atoms with Gasteiger partial charge in [0.1, 0.15) is 0 Å². The van der Waals surface area contributed by atoms with Gasteiger partial charge in [0.2, 0.25) is 0 Å². The van der Waals surface area contributed by atoms with E-state index in [0.717, 1.165) is 24.1 Å². The van der Waals surface area contributed by atoms with Gasteiger partial charge >= 0.3 is 0 Å². The molecule has 1 heterocycles. The summed E-state index contributed by atoms with van der Waals surface area (Å²) in [7, 11) is 1.64. The normalized spacial score (nSPS) is 19.5. The number of fused-ring (bicyclic) bond motifs is 1. The van der Waals surface area contributed by atoms with Crippen molar-refractivity contribution in [3.8, 4) is 0 Å². The van der Waals surface area contributed by atoms with Crippen molar-refractivity contribution >= 4 is 5.91 Å². The number of nitrogens with zero attached hydrogens (tertiary/aromatic N) is 1. The van der Waals surface area contributed by atoms with Crippen LogP contribution in [0.15, 0.2) is 24.3 Å². The summed E-state index contributed by atoms with van der Waals surface area (Å²) in [6.07, 6.45) is 0.744. The number of ether oxygens (including phenoxy) is 1. The molecule has 0 N–H and O–H groups in total. The topological polar surface area (TPSA) is 29.5 Å². The van der Waals surface area contributed by atoms with E-state index in [2.05, 4.69) is 6.92 Å². The van der Waals surface area contributed by atoms with Gasteiger partial charge in [-0.2, -0.15) is 0 Å². The zero-order chi connectivity index (χ0) is 10.8. The number of rotatable bonds is 3. The largest absolute Gasteiger partial charge is 0.357 e. The van der Waals surface area contributed by atoms with E-state index in [4.69, 9.17) is 4.74 Å². The minimum absolute atomic E-state index is 0.0827. The molecule has 1 aromatic carbocycles. The lowest BCUT2D eigenvalue weighted by molar-refractivity contribution is -0.0123. The molecule has 1 amide bonds. The molecule has 1 atom stereocenters. The SMILES string of the molecule is CCCN1C(=O)c2ccccc2[C@@H]1OC. The Bertz CT molecular complexity index is 376. The van der Waals surface area contributed by atoms with E-state index >= 15 is 0 Å². The number of hydrogen-bond donors (Lipinski definition) is 0. The molecule has 0 radical (unpaired) electrons. The fraction of sp³-hybridized carbons (Fsp3) is 0.417. The molecule has 3 heteroatoms. The lowest BCUT2D eigenvalue weighted by atomic mass is 10.1. The quantitative estimate of drug-likeness (QED) is 0.757. The van der Waals surface area contributed by atoms with E-state index in [1.807, 2.05) is 24.3 Å². The Kier molecular flexibility index (Phi) is 2.73. The average Bonchev–Trinajstić information content (AvgIpc) is 2.54. The molecule has 0 fully saturated rings. The second-order valence-electron chi connectivity index (χ2n) is 3.67. The minimum atomic E-state index is -0.200. The summed E-state index contributed by atoms with van der Waals surface area (Å²) in [6, 6.07) is 7.64. The summed E-state index contributed by atoms with van der Waals surface area (Å²) in [5, 5.41) is 0. The van der Waals surface area contributed by atoms with Gasteiger partial charge in [-0.3, -0.25) is 4.79 Å². The van der Waals surface area contributed by atoms with Gasteiger partial charge in [0.05, 0.1) is 0 Å². The van der Waals surface area contributed by atoms with Crippen molar-refractivity contribution < 1.29 is 9.53 Å². The van der Waals surface area contributed by atoms with E-state index in [1.165, 1.54) is 0 Å². The van der Waals surface area contributed by atoms with Gasteiger partial charge in [-0.15, -0.1) is 0 Å². The first kappa shape index (κ1) is 10.2. The second-order valence-corrected chi connectivity index (χ2v) is 3.67. The van der Waals surface area contributed by atoms with Crippen LogP contribution in [0.1, 0.15) is 35.5 Å². The number of hydrogen-bond acceptors (Lipinski definition) is 2. The smallest absolute Gasteiger partial charge is 0.256 e. The predicted molar refractivity (Wildman–Crippen MR) is 57.5 cm³/mol. The molecular formula is C12H15NO2. The summed E-state index contributed by atoms with van der Waals surface area (Å²) < 4.78 is 5.38. The van der Waals surface area contributed by atoms with Crippen LogP contribution in [0.3, 0.4) is 0 Å². The Morgan fingerprint density at radius 2 is 2.13 bits per heavy atom. The van der Waals surface area contributed by atoms with Crippen LogP contribution in [0.25, 0.3) is 0 Å². The molecule has 1 aliphatic heterocycles. The number of methoxy groups -OCH3 is 1. The van der Waals surface area contributed by atoms with Crippen molar-refractivity contribution in [1.29, 1.82) is 0 Å². The summed E-state index contributed by atoms with van der Waals surface area (Å²) in [5.41, 5.74) is 1.76. The lowest BCUT2D eigenvalue weighted by Crippen LogP contribution is -2.29. The van der Waals surface area contributed by atoms with Crippen molar-refractivity contribution in [3.05, 3.63) is 35.4 Å². The molecule has 80 valence electrons. The zero-order valence-corrected chi connectivity index (χ0v) is 9.06. The summed E-state index contributed by atoms with van der Waals surface area (Å²) in [6.45, 7) is 2.80. The molecule has 1 aliphatic rings. The first-order valence-corrected chi connectivity index (χ1v) is 5.22. The van der Waals surface area contributed by atoms with Gasteiger partial charge in [-0.05, 0) is 12.5 Å². The highest BCUT2D eigenvalue weighted by atomic mass is 16.5. The maximum Gasteiger partial charge on any atom is 0.256 e. The number of amides is 1. The molecule has 15 heavy (non-hydrogen) atoms. The van der Waals surface area contributed by atoms with Crippen molar-refractivity contribution in [1.82, 2.24) is 4.90 Å². The molecule has 2 rings (SSSR count). The predicted octanol–water partition coefficient (Wildman–Crippen LogP) is 2.20. The maximum absolute atomic E-state index is 12.0. The van der Waals surface area contributed by atoms with Crippen LogP contribution in [0, 0.1) is 0 Å². The monoisotopic (exact) mass is 205 g/mol. The fourth-order valence-electron chi connectivity index (χ4n) is 2.05. The fourth-order valence-corrected chi connectivity index (χ4v) is 2.05. The van der Waals surface area contributed by atoms with Crippen molar-refractivity contribution in [2.24, 2.45) is 0 Å². The average molecular weight is 205 g/mol. The second kappa shape index (κ2) is 4.03.